The topological polar surface area (TPSA) is 89.8 Å². The summed E-state index contributed by atoms with van der Waals surface area (Å²) in [6.45, 7) is 4.09. The molecule has 3 unspecified atom stereocenters. The molecule has 0 aliphatic heterocycles. The Morgan fingerprint density at radius 3 is 1.66 bits per heavy atom. The van der Waals surface area contributed by atoms with Crippen molar-refractivity contribution < 1.29 is 20.1 Å². The van der Waals surface area contributed by atoms with Crippen molar-refractivity contribution in [2.45, 2.75) is 161 Å². The van der Waals surface area contributed by atoms with Gasteiger partial charge < -0.3 is 20.6 Å². The average molecular weight is 536 g/mol. The van der Waals surface area contributed by atoms with Crippen molar-refractivity contribution in [2.75, 3.05) is 6.61 Å². The molecule has 0 aromatic carbocycles. The molecule has 0 saturated carbocycles. The quantitative estimate of drug-likeness (QED) is 0.0641. The Morgan fingerprint density at radius 2 is 1.13 bits per heavy atom. The number of carbonyl (C=O) groups excluding carboxylic acids is 1. The Hall–Kier alpha value is -1.43. The Morgan fingerprint density at radius 1 is 0.658 bits per heavy atom. The van der Waals surface area contributed by atoms with E-state index in [1.165, 1.54) is 96.3 Å². The Kier molecular flexibility index (Phi) is 27.5. The summed E-state index contributed by atoms with van der Waals surface area (Å²) < 4.78 is 0. The number of aliphatic hydroxyl groups is 3. The zero-order valence-electron chi connectivity index (χ0n) is 24.8. The molecule has 222 valence electrons. The van der Waals surface area contributed by atoms with Crippen LogP contribution in [-0.2, 0) is 4.79 Å². The fourth-order valence-corrected chi connectivity index (χ4v) is 4.40. The summed E-state index contributed by atoms with van der Waals surface area (Å²) in [7, 11) is 0. The molecular formula is C33H61NO4. The van der Waals surface area contributed by atoms with Gasteiger partial charge in [-0.1, -0.05) is 140 Å². The van der Waals surface area contributed by atoms with Crippen LogP contribution >= 0.6 is 0 Å². The summed E-state index contributed by atoms with van der Waals surface area (Å²) in [4.78, 5) is 12.3. The molecule has 0 aliphatic carbocycles. The van der Waals surface area contributed by atoms with E-state index in [1.54, 1.807) is 12.2 Å². The minimum absolute atomic E-state index is 0.208. The molecule has 0 spiro atoms. The van der Waals surface area contributed by atoms with E-state index < -0.39 is 24.2 Å². The van der Waals surface area contributed by atoms with E-state index in [-0.39, 0.29) is 13.0 Å². The van der Waals surface area contributed by atoms with Crippen LogP contribution in [0.5, 0.6) is 0 Å². The largest absolute Gasteiger partial charge is 0.394 e. The number of amides is 1. The molecule has 3 atom stereocenters. The second-order valence-corrected chi connectivity index (χ2v) is 10.7. The van der Waals surface area contributed by atoms with Crippen molar-refractivity contribution in [3.8, 4) is 0 Å². The SMILES string of the molecule is CCCCCCCC/C=C\C/C=C\CC(O)C(=O)NC(CO)C(O)/C=C/CCCCCCCCCCCC. The van der Waals surface area contributed by atoms with Gasteiger partial charge in [0.2, 0.25) is 5.91 Å². The van der Waals surface area contributed by atoms with Crippen molar-refractivity contribution in [3.63, 3.8) is 0 Å². The lowest BCUT2D eigenvalue weighted by molar-refractivity contribution is -0.131. The maximum absolute atomic E-state index is 12.3. The molecule has 5 heteroatoms. The summed E-state index contributed by atoms with van der Waals surface area (Å²) in [5.74, 6) is -0.575. The second kappa shape index (κ2) is 28.6. The number of rotatable bonds is 27. The predicted octanol–water partition coefficient (Wildman–Crippen LogP) is 7.70. The number of unbranched alkanes of at least 4 members (excludes halogenated alkanes) is 16. The summed E-state index contributed by atoms with van der Waals surface area (Å²) >= 11 is 0. The highest BCUT2D eigenvalue weighted by molar-refractivity contribution is 5.81. The van der Waals surface area contributed by atoms with Gasteiger partial charge in [0.15, 0.2) is 0 Å². The van der Waals surface area contributed by atoms with Crippen LogP contribution in [0, 0.1) is 0 Å². The van der Waals surface area contributed by atoms with Crippen LogP contribution in [0.3, 0.4) is 0 Å². The van der Waals surface area contributed by atoms with Crippen LogP contribution in [-0.4, -0.2) is 46.1 Å². The van der Waals surface area contributed by atoms with E-state index >= 15 is 0 Å². The summed E-state index contributed by atoms with van der Waals surface area (Å²) in [5, 5.41) is 32.6. The Bertz CT molecular complexity index is 602. The van der Waals surface area contributed by atoms with E-state index in [4.69, 9.17) is 0 Å². The molecular weight excluding hydrogens is 474 g/mol. The molecule has 0 bridgehead atoms. The molecule has 4 N–H and O–H groups in total. The van der Waals surface area contributed by atoms with Gasteiger partial charge in [-0.25, -0.2) is 0 Å². The molecule has 5 nitrogen and oxygen atoms in total. The maximum Gasteiger partial charge on any atom is 0.249 e. The van der Waals surface area contributed by atoms with E-state index in [0.717, 1.165) is 25.7 Å². The zero-order chi connectivity index (χ0) is 28.1. The van der Waals surface area contributed by atoms with Gasteiger partial charge in [0.05, 0.1) is 18.8 Å². The van der Waals surface area contributed by atoms with Crippen LogP contribution in [0.25, 0.3) is 0 Å². The third-order valence-corrected chi connectivity index (χ3v) is 6.99. The third-order valence-electron chi connectivity index (χ3n) is 6.99. The summed E-state index contributed by atoms with van der Waals surface area (Å²) in [5.41, 5.74) is 0. The molecule has 0 radical (unpaired) electrons. The van der Waals surface area contributed by atoms with Crippen LogP contribution in [0.1, 0.15) is 142 Å². The maximum atomic E-state index is 12.3. The van der Waals surface area contributed by atoms with Gasteiger partial charge in [0, 0.05) is 6.42 Å². The highest BCUT2D eigenvalue weighted by atomic mass is 16.3. The van der Waals surface area contributed by atoms with Crippen molar-refractivity contribution in [2.24, 2.45) is 0 Å². The van der Waals surface area contributed by atoms with Crippen LogP contribution in [0.4, 0.5) is 0 Å². The normalized spacial score (nSPS) is 14.6. The number of hydrogen-bond acceptors (Lipinski definition) is 4. The fourth-order valence-electron chi connectivity index (χ4n) is 4.40. The highest BCUT2D eigenvalue weighted by Gasteiger charge is 2.22. The Labute approximate surface area is 234 Å². The predicted molar refractivity (Wildman–Crippen MR) is 162 cm³/mol. The lowest BCUT2D eigenvalue weighted by Crippen LogP contribution is -2.48. The first-order valence-corrected chi connectivity index (χ1v) is 15.8. The minimum Gasteiger partial charge on any atom is -0.394 e. The lowest BCUT2D eigenvalue weighted by Gasteiger charge is -2.21. The molecule has 0 rings (SSSR count). The number of aliphatic hydroxyl groups excluding tert-OH is 3. The van der Waals surface area contributed by atoms with E-state index in [9.17, 15) is 20.1 Å². The third kappa shape index (κ3) is 23.7. The number of nitrogens with one attached hydrogen (secondary N) is 1. The van der Waals surface area contributed by atoms with E-state index in [1.807, 2.05) is 12.2 Å². The van der Waals surface area contributed by atoms with Crippen LogP contribution < -0.4 is 5.32 Å². The Balaban J connectivity index is 3.95. The van der Waals surface area contributed by atoms with Crippen LogP contribution in [0.15, 0.2) is 36.5 Å². The molecule has 0 aliphatic rings. The molecule has 0 aromatic heterocycles. The van der Waals surface area contributed by atoms with Gasteiger partial charge in [-0.3, -0.25) is 4.79 Å². The van der Waals surface area contributed by atoms with Crippen molar-refractivity contribution in [3.05, 3.63) is 36.5 Å². The molecule has 38 heavy (non-hydrogen) atoms. The number of carbonyl (C=O) groups is 1. The molecule has 0 fully saturated rings. The first kappa shape index (κ1) is 36.6. The summed E-state index contributed by atoms with van der Waals surface area (Å²) in [6.07, 6.45) is 33.1. The van der Waals surface area contributed by atoms with E-state index in [0.29, 0.717) is 0 Å². The van der Waals surface area contributed by atoms with Gasteiger partial charge in [-0.2, -0.15) is 0 Å². The highest BCUT2D eigenvalue weighted by Crippen LogP contribution is 2.12. The van der Waals surface area contributed by atoms with Crippen molar-refractivity contribution >= 4 is 5.91 Å². The molecule has 0 heterocycles. The van der Waals surface area contributed by atoms with Crippen molar-refractivity contribution in [1.82, 2.24) is 5.32 Å². The number of allylic oxidation sites excluding steroid dienone is 4. The molecule has 0 saturated heterocycles. The standard InChI is InChI=1S/C33H61NO4/c1-3-5-7-9-11-13-15-17-19-21-23-25-27-31(36)30(29-35)34-33(38)32(37)28-26-24-22-20-18-16-14-12-10-8-6-4-2/h18,20,24-27,30-32,35-37H,3-17,19,21-23,28-29H2,1-2H3,(H,34,38)/b20-18-,26-24-,27-25+. The zero-order valence-corrected chi connectivity index (χ0v) is 24.8. The monoisotopic (exact) mass is 535 g/mol. The van der Waals surface area contributed by atoms with Crippen molar-refractivity contribution in [1.29, 1.82) is 0 Å². The van der Waals surface area contributed by atoms with Gasteiger partial charge in [0.1, 0.15) is 6.10 Å². The summed E-state index contributed by atoms with van der Waals surface area (Å²) in [6, 6.07) is -0.824. The van der Waals surface area contributed by atoms with Crippen LogP contribution in [0.2, 0.25) is 0 Å². The minimum atomic E-state index is -1.20. The van der Waals surface area contributed by atoms with Gasteiger partial charge >= 0.3 is 0 Å². The molecule has 0 aromatic rings. The first-order chi connectivity index (χ1) is 18.6. The first-order valence-electron chi connectivity index (χ1n) is 15.8. The number of hydrogen-bond donors (Lipinski definition) is 4. The average Bonchev–Trinajstić information content (AvgIpc) is 2.92. The molecule has 1 amide bonds. The smallest absolute Gasteiger partial charge is 0.249 e. The fraction of sp³-hybridized carbons (Fsp3) is 0.788. The van der Waals surface area contributed by atoms with E-state index in [2.05, 4.69) is 31.3 Å². The lowest BCUT2D eigenvalue weighted by atomic mass is 10.1. The second-order valence-electron chi connectivity index (χ2n) is 10.7. The van der Waals surface area contributed by atoms with Gasteiger partial charge in [-0.15, -0.1) is 0 Å². The van der Waals surface area contributed by atoms with Gasteiger partial charge in [0.25, 0.3) is 0 Å². The van der Waals surface area contributed by atoms with Gasteiger partial charge in [-0.05, 0) is 32.1 Å².